The third-order valence-corrected chi connectivity index (χ3v) is 3.72. The van der Waals surface area contributed by atoms with E-state index in [1.807, 2.05) is 48.5 Å². The van der Waals surface area contributed by atoms with Crippen LogP contribution in [0.5, 0.6) is 0 Å². The van der Waals surface area contributed by atoms with Gasteiger partial charge in [-0.1, -0.05) is 48.5 Å². The maximum absolute atomic E-state index is 11.8. The molecule has 0 radical (unpaired) electrons. The Hall–Kier alpha value is -2.88. The highest BCUT2D eigenvalue weighted by Crippen LogP contribution is 2.28. The predicted molar refractivity (Wildman–Crippen MR) is 90.7 cm³/mol. The van der Waals surface area contributed by atoms with Gasteiger partial charge in [0.25, 0.3) is 0 Å². The number of aldehydes is 2. The molecule has 0 aliphatic carbocycles. The molecule has 0 aromatic heterocycles. The number of benzene rings is 2. The topological polar surface area (TPSA) is 68.3 Å². The molecule has 24 heavy (non-hydrogen) atoms. The Morgan fingerprint density at radius 3 is 1.42 bits per heavy atom. The van der Waals surface area contributed by atoms with Crippen LogP contribution in [0.25, 0.3) is 11.1 Å². The van der Waals surface area contributed by atoms with Crippen LogP contribution in [0.3, 0.4) is 0 Å². The molecule has 2 rings (SSSR count). The second-order valence-corrected chi connectivity index (χ2v) is 5.49. The monoisotopic (exact) mass is 322 g/mol. The SMILES string of the molecule is O=CCC(=O)Cc1ccccc1-c1ccccc1CC(=O)CC=O. The van der Waals surface area contributed by atoms with E-state index < -0.39 is 0 Å². The summed E-state index contributed by atoms with van der Waals surface area (Å²) in [7, 11) is 0. The zero-order chi connectivity index (χ0) is 17.4. The Balaban J connectivity index is 2.38. The summed E-state index contributed by atoms with van der Waals surface area (Å²) in [5, 5.41) is 0. The zero-order valence-corrected chi connectivity index (χ0v) is 13.2. The van der Waals surface area contributed by atoms with Gasteiger partial charge in [-0.2, -0.15) is 0 Å². The van der Waals surface area contributed by atoms with Gasteiger partial charge in [0.1, 0.15) is 24.1 Å². The highest BCUT2D eigenvalue weighted by molar-refractivity contribution is 5.94. The number of hydrogen-bond acceptors (Lipinski definition) is 4. The van der Waals surface area contributed by atoms with Crippen LogP contribution < -0.4 is 0 Å². The normalized spacial score (nSPS) is 10.2. The fraction of sp³-hybridized carbons (Fsp3) is 0.200. The van der Waals surface area contributed by atoms with E-state index in [0.717, 1.165) is 22.3 Å². The van der Waals surface area contributed by atoms with E-state index in [2.05, 4.69) is 0 Å². The van der Waals surface area contributed by atoms with Crippen molar-refractivity contribution in [2.45, 2.75) is 25.7 Å². The van der Waals surface area contributed by atoms with Crippen LogP contribution in [0.15, 0.2) is 48.5 Å². The Morgan fingerprint density at radius 1 is 0.667 bits per heavy atom. The van der Waals surface area contributed by atoms with Crippen LogP contribution in [0.4, 0.5) is 0 Å². The molecular weight excluding hydrogens is 304 g/mol. The number of rotatable bonds is 9. The van der Waals surface area contributed by atoms with E-state index in [1.54, 1.807) is 0 Å². The molecular formula is C20H18O4. The fourth-order valence-corrected chi connectivity index (χ4v) is 2.63. The van der Waals surface area contributed by atoms with Crippen LogP contribution in [0.1, 0.15) is 24.0 Å². The maximum Gasteiger partial charge on any atom is 0.144 e. The molecule has 0 bridgehead atoms. The minimum Gasteiger partial charge on any atom is -0.303 e. The number of carbonyl (C=O) groups is 4. The lowest BCUT2D eigenvalue weighted by Gasteiger charge is -2.13. The van der Waals surface area contributed by atoms with Gasteiger partial charge in [-0.3, -0.25) is 9.59 Å². The standard InChI is InChI=1S/C20H18O4/c21-11-9-17(23)13-15-5-1-3-7-19(15)20-8-4-2-6-16(20)14-18(24)10-12-22/h1-8,11-12H,9-10,13-14H2. The molecule has 0 atom stereocenters. The van der Waals surface area contributed by atoms with Crippen molar-refractivity contribution >= 4 is 24.1 Å². The average molecular weight is 322 g/mol. The molecule has 122 valence electrons. The van der Waals surface area contributed by atoms with Crippen molar-refractivity contribution in [3.63, 3.8) is 0 Å². The van der Waals surface area contributed by atoms with Crippen LogP contribution in [0, 0.1) is 0 Å². The second kappa shape index (κ2) is 8.67. The molecule has 0 spiro atoms. The Kier molecular flexibility index (Phi) is 6.32. The Morgan fingerprint density at radius 2 is 1.04 bits per heavy atom. The van der Waals surface area contributed by atoms with E-state index in [9.17, 15) is 19.2 Å². The van der Waals surface area contributed by atoms with Gasteiger partial charge in [0.2, 0.25) is 0 Å². The molecule has 4 nitrogen and oxygen atoms in total. The van der Waals surface area contributed by atoms with Crippen molar-refractivity contribution in [3.05, 3.63) is 59.7 Å². The van der Waals surface area contributed by atoms with Crippen LogP contribution >= 0.6 is 0 Å². The quantitative estimate of drug-likeness (QED) is 0.526. The van der Waals surface area contributed by atoms with Gasteiger partial charge in [0.05, 0.1) is 12.8 Å². The molecule has 2 aromatic rings. The minimum atomic E-state index is -0.146. The maximum atomic E-state index is 11.8. The van der Waals surface area contributed by atoms with Crippen molar-refractivity contribution in [1.82, 2.24) is 0 Å². The van der Waals surface area contributed by atoms with Crippen molar-refractivity contribution < 1.29 is 19.2 Å². The van der Waals surface area contributed by atoms with Crippen molar-refractivity contribution in [2.24, 2.45) is 0 Å². The van der Waals surface area contributed by atoms with Gasteiger partial charge in [-0.25, -0.2) is 0 Å². The average Bonchev–Trinajstić information content (AvgIpc) is 2.56. The van der Waals surface area contributed by atoms with Crippen LogP contribution in [-0.2, 0) is 32.0 Å². The molecule has 0 aliphatic rings. The van der Waals surface area contributed by atoms with Crippen molar-refractivity contribution in [1.29, 1.82) is 0 Å². The lowest BCUT2D eigenvalue weighted by molar-refractivity contribution is -0.123. The van der Waals surface area contributed by atoms with Gasteiger partial charge < -0.3 is 9.59 Å². The highest BCUT2D eigenvalue weighted by atomic mass is 16.1. The van der Waals surface area contributed by atoms with Gasteiger partial charge in [-0.05, 0) is 22.3 Å². The van der Waals surface area contributed by atoms with E-state index in [0.29, 0.717) is 12.6 Å². The summed E-state index contributed by atoms with van der Waals surface area (Å²) in [4.78, 5) is 44.7. The van der Waals surface area contributed by atoms with Crippen LogP contribution in [0.2, 0.25) is 0 Å². The summed E-state index contributed by atoms with van der Waals surface area (Å²) < 4.78 is 0. The lowest BCUT2D eigenvalue weighted by Crippen LogP contribution is -2.07. The summed E-state index contributed by atoms with van der Waals surface area (Å²) in [6.45, 7) is 0. The highest BCUT2D eigenvalue weighted by Gasteiger charge is 2.13. The van der Waals surface area contributed by atoms with Crippen molar-refractivity contribution in [2.75, 3.05) is 0 Å². The number of Topliss-reactive ketones (excluding diaryl/α,β-unsaturated/α-hetero) is 2. The van der Waals surface area contributed by atoms with Gasteiger partial charge in [0, 0.05) is 12.8 Å². The second-order valence-electron chi connectivity index (χ2n) is 5.49. The van der Waals surface area contributed by atoms with Gasteiger partial charge in [0.15, 0.2) is 0 Å². The summed E-state index contributed by atoms with van der Waals surface area (Å²) in [6.07, 6.45) is 1.35. The van der Waals surface area contributed by atoms with E-state index >= 15 is 0 Å². The van der Waals surface area contributed by atoms with Crippen LogP contribution in [-0.4, -0.2) is 24.1 Å². The first kappa shape index (κ1) is 17.5. The molecule has 0 unspecified atom stereocenters. The molecule has 0 heterocycles. The van der Waals surface area contributed by atoms with Gasteiger partial charge in [-0.15, -0.1) is 0 Å². The molecule has 0 aliphatic heterocycles. The summed E-state index contributed by atoms with van der Waals surface area (Å²) in [5.74, 6) is -0.293. The first-order valence-corrected chi connectivity index (χ1v) is 7.72. The Labute approximate surface area is 140 Å². The van der Waals surface area contributed by atoms with Crippen molar-refractivity contribution in [3.8, 4) is 11.1 Å². The molecule has 0 N–H and O–H groups in total. The zero-order valence-electron chi connectivity index (χ0n) is 13.2. The third-order valence-electron chi connectivity index (χ3n) is 3.72. The molecule has 2 aromatic carbocycles. The molecule has 0 amide bonds. The summed E-state index contributed by atoms with van der Waals surface area (Å²) in [6, 6.07) is 14.9. The molecule has 0 saturated carbocycles. The largest absolute Gasteiger partial charge is 0.303 e. The number of hydrogen-bond donors (Lipinski definition) is 0. The molecule has 4 heteroatoms. The van der Waals surface area contributed by atoms with E-state index in [-0.39, 0.29) is 37.2 Å². The van der Waals surface area contributed by atoms with E-state index in [1.165, 1.54) is 0 Å². The number of carbonyl (C=O) groups excluding carboxylic acids is 4. The summed E-state index contributed by atoms with van der Waals surface area (Å²) in [5.41, 5.74) is 3.37. The minimum absolute atomic E-state index is 0.103. The predicted octanol–water partition coefficient (Wildman–Crippen LogP) is 2.75. The van der Waals surface area contributed by atoms with E-state index in [4.69, 9.17) is 0 Å². The first-order chi connectivity index (χ1) is 11.7. The third kappa shape index (κ3) is 4.56. The molecule has 0 saturated heterocycles. The number of ketones is 2. The Bertz CT molecular complexity index is 696. The lowest BCUT2D eigenvalue weighted by atomic mass is 9.91. The molecule has 0 fully saturated rings. The fourth-order valence-electron chi connectivity index (χ4n) is 2.63. The summed E-state index contributed by atoms with van der Waals surface area (Å²) >= 11 is 0. The van der Waals surface area contributed by atoms with Gasteiger partial charge >= 0.3 is 0 Å². The smallest absolute Gasteiger partial charge is 0.144 e. The first-order valence-electron chi connectivity index (χ1n) is 7.72.